The molecule has 0 aliphatic heterocycles. The van der Waals surface area contributed by atoms with E-state index in [-0.39, 0.29) is 5.91 Å². The van der Waals surface area contributed by atoms with Gasteiger partial charge in [0.05, 0.1) is 5.69 Å². The minimum absolute atomic E-state index is 0.00926. The highest BCUT2D eigenvalue weighted by Crippen LogP contribution is 2.25. The van der Waals surface area contributed by atoms with Crippen LogP contribution < -0.4 is 5.32 Å². The van der Waals surface area contributed by atoms with Crippen molar-refractivity contribution >= 4 is 5.91 Å². The number of aromatic nitrogens is 2. The van der Waals surface area contributed by atoms with Crippen molar-refractivity contribution < 1.29 is 4.79 Å². The van der Waals surface area contributed by atoms with Gasteiger partial charge in [-0.05, 0) is 31.7 Å². The molecule has 4 heteroatoms. The summed E-state index contributed by atoms with van der Waals surface area (Å²) in [5.41, 5.74) is 1.53. The van der Waals surface area contributed by atoms with Gasteiger partial charge < -0.3 is 5.32 Å². The summed E-state index contributed by atoms with van der Waals surface area (Å²) in [6.07, 6.45) is 3.82. The third-order valence-electron chi connectivity index (χ3n) is 3.01. The zero-order valence-electron chi connectivity index (χ0n) is 9.29. The van der Waals surface area contributed by atoms with Gasteiger partial charge in [-0.1, -0.05) is 6.42 Å². The molecule has 4 nitrogen and oxygen atoms in total. The summed E-state index contributed by atoms with van der Waals surface area (Å²) in [5.74, 6) is 0.688. The van der Waals surface area contributed by atoms with E-state index in [1.165, 1.54) is 19.3 Å². The van der Waals surface area contributed by atoms with E-state index in [0.717, 1.165) is 12.2 Å². The maximum Gasteiger partial charge on any atom is 0.269 e. The molecule has 1 aromatic heterocycles. The molecule has 1 saturated carbocycles. The minimum atomic E-state index is -0.00926. The van der Waals surface area contributed by atoms with Crippen LogP contribution >= 0.6 is 0 Å². The molecule has 1 aliphatic carbocycles. The van der Waals surface area contributed by atoms with E-state index in [4.69, 9.17) is 0 Å². The molecule has 2 rings (SSSR count). The number of carbonyl (C=O) groups is 1. The van der Waals surface area contributed by atoms with Gasteiger partial charge in [-0.3, -0.25) is 9.48 Å². The SMILES string of the molecule is Cc1cc(C(=O)NCC2CCC2)n(C)n1. The summed E-state index contributed by atoms with van der Waals surface area (Å²) in [6.45, 7) is 2.70. The number of nitrogens with one attached hydrogen (secondary N) is 1. The molecular formula is C11H17N3O. The van der Waals surface area contributed by atoms with Crippen molar-refractivity contribution in [1.29, 1.82) is 0 Å². The Balaban J connectivity index is 1.92. The van der Waals surface area contributed by atoms with Crippen LogP contribution in [0.2, 0.25) is 0 Å². The first-order valence-electron chi connectivity index (χ1n) is 5.45. The number of nitrogens with zero attached hydrogens (tertiary/aromatic N) is 2. The lowest BCUT2D eigenvalue weighted by Gasteiger charge is -2.25. The molecule has 0 saturated heterocycles. The minimum Gasteiger partial charge on any atom is -0.350 e. The number of carbonyl (C=O) groups excluding carboxylic acids is 1. The van der Waals surface area contributed by atoms with Crippen LogP contribution in [0, 0.1) is 12.8 Å². The Morgan fingerprint density at radius 2 is 2.40 bits per heavy atom. The zero-order valence-corrected chi connectivity index (χ0v) is 9.29. The standard InChI is InChI=1S/C11H17N3O/c1-8-6-10(14(2)13-8)11(15)12-7-9-4-3-5-9/h6,9H,3-5,7H2,1-2H3,(H,12,15). The molecule has 1 N–H and O–H groups in total. The largest absolute Gasteiger partial charge is 0.350 e. The van der Waals surface area contributed by atoms with Crippen LogP contribution in [0.15, 0.2) is 6.07 Å². The van der Waals surface area contributed by atoms with E-state index >= 15 is 0 Å². The van der Waals surface area contributed by atoms with Crippen molar-refractivity contribution in [3.05, 3.63) is 17.5 Å². The van der Waals surface area contributed by atoms with Gasteiger partial charge in [-0.2, -0.15) is 5.10 Å². The summed E-state index contributed by atoms with van der Waals surface area (Å²) < 4.78 is 1.63. The van der Waals surface area contributed by atoms with E-state index in [0.29, 0.717) is 11.6 Å². The Kier molecular flexibility index (Phi) is 2.75. The fourth-order valence-electron chi connectivity index (χ4n) is 1.85. The highest BCUT2D eigenvalue weighted by atomic mass is 16.2. The normalized spacial score (nSPS) is 16.1. The van der Waals surface area contributed by atoms with Crippen LogP contribution in [0.1, 0.15) is 35.4 Å². The van der Waals surface area contributed by atoms with E-state index in [1.54, 1.807) is 11.7 Å². The Morgan fingerprint density at radius 3 is 2.87 bits per heavy atom. The number of aryl methyl sites for hydroxylation is 2. The monoisotopic (exact) mass is 207 g/mol. The van der Waals surface area contributed by atoms with E-state index in [1.807, 2.05) is 13.0 Å². The van der Waals surface area contributed by atoms with E-state index < -0.39 is 0 Å². The molecule has 0 radical (unpaired) electrons. The Labute approximate surface area is 89.7 Å². The predicted octanol–water partition coefficient (Wildman–Crippen LogP) is 1.26. The van der Waals surface area contributed by atoms with Gasteiger partial charge in [-0.15, -0.1) is 0 Å². The van der Waals surface area contributed by atoms with Crippen LogP contribution in [-0.2, 0) is 7.05 Å². The molecule has 0 unspecified atom stereocenters. The lowest BCUT2D eigenvalue weighted by molar-refractivity contribution is 0.0929. The van der Waals surface area contributed by atoms with Crippen LogP contribution in [0.5, 0.6) is 0 Å². The van der Waals surface area contributed by atoms with Gasteiger partial charge >= 0.3 is 0 Å². The van der Waals surface area contributed by atoms with Crippen molar-refractivity contribution in [2.24, 2.45) is 13.0 Å². The fraction of sp³-hybridized carbons (Fsp3) is 0.636. The van der Waals surface area contributed by atoms with Crippen molar-refractivity contribution in [1.82, 2.24) is 15.1 Å². The molecule has 1 fully saturated rings. The summed E-state index contributed by atoms with van der Waals surface area (Å²) in [5, 5.41) is 7.10. The van der Waals surface area contributed by atoms with Gasteiger partial charge in [0.25, 0.3) is 5.91 Å². The van der Waals surface area contributed by atoms with E-state index in [2.05, 4.69) is 10.4 Å². The molecule has 0 bridgehead atoms. The van der Waals surface area contributed by atoms with Crippen LogP contribution in [0.25, 0.3) is 0 Å². The van der Waals surface area contributed by atoms with Gasteiger partial charge in [-0.25, -0.2) is 0 Å². The van der Waals surface area contributed by atoms with E-state index in [9.17, 15) is 4.79 Å². The van der Waals surface area contributed by atoms with Crippen molar-refractivity contribution in [2.45, 2.75) is 26.2 Å². The van der Waals surface area contributed by atoms with Crippen molar-refractivity contribution in [3.63, 3.8) is 0 Å². The van der Waals surface area contributed by atoms with Crippen LogP contribution in [0.3, 0.4) is 0 Å². The summed E-state index contributed by atoms with van der Waals surface area (Å²) in [4.78, 5) is 11.8. The second-order valence-electron chi connectivity index (χ2n) is 4.30. The molecule has 0 aromatic carbocycles. The average molecular weight is 207 g/mol. The first-order valence-corrected chi connectivity index (χ1v) is 5.45. The van der Waals surface area contributed by atoms with Gasteiger partial charge in [0, 0.05) is 13.6 Å². The Morgan fingerprint density at radius 1 is 1.67 bits per heavy atom. The third kappa shape index (κ3) is 2.19. The quantitative estimate of drug-likeness (QED) is 0.811. The molecule has 1 amide bonds. The fourth-order valence-corrected chi connectivity index (χ4v) is 1.85. The predicted molar refractivity (Wildman–Crippen MR) is 57.6 cm³/mol. The topological polar surface area (TPSA) is 46.9 Å². The molecule has 1 heterocycles. The van der Waals surface area contributed by atoms with Crippen LogP contribution in [-0.4, -0.2) is 22.2 Å². The molecule has 82 valence electrons. The van der Waals surface area contributed by atoms with Crippen LogP contribution in [0.4, 0.5) is 0 Å². The molecule has 1 aliphatic rings. The molecular weight excluding hydrogens is 190 g/mol. The zero-order chi connectivity index (χ0) is 10.8. The van der Waals surface area contributed by atoms with Gasteiger partial charge in [0.2, 0.25) is 0 Å². The lowest BCUT2D eigenvalue weighted by Crippen LogP contribution is -2.33. The summed E-state index contributed by atoms with van der Waals surface area (Å²) in [6, 6.07) is 1.82. The highest BCUT2D eigenvalue weighted by Gasteiger charge is 2.19. The number of amides is 1. The maximum absolute atomic E-state index is 11.8. The second kappa shape index (κ2) is 4.04. The van der Waals surface area contributed by atoms with Gasteiger partial charge in [0.1, 0.15) is 5.69 Å². The third-order valence-corrected chi connectivity index (χ3v) is 3.01. The smallest absolute Gasteiger partial charge is 0.269 e. The Hall–Kier alpha value is -1.32. The molecule has 15 heavy (non-hydrogen) atoms. The molecule has 0 spiro atoms. The average Bonchev–Trinajstić information content (AvgIpc) is 2.42. The second-order valence-corrected chi connectivity index (χ2v) is 4.30. The first-order chi connectivity index (χ1) is 7.16. The number of hydrogen-bond acceptors (Lipinski definition) is 2. The summed E-state index contributed by atoms with van der Waals surface area (Å²) >= 11 is 0. The lowest BCUT2D eigenvalue weighted by atomic mass is 9.85. The van der Waals surface area contributed by atoms with Crippen molar-refractivity contribution in [3.8, 4) is 0 Å². The Bertz CT molecular complexity index is 366. The highest BCUT2D eigenvalue weighted by molar-refractivity contribution is 5.92. The first kappa shape index (κ1) is 10.2. The number of rotatable bonds is 3. The molecule has 1 aromatic rings. The number of hydrogen-bond donors (Lipinski definition) is 1. The van der Waals surface area contributed by atoms with Gasteiger partial charge in [0.15, 0.2) is 0 Å². The van der Waals surface area contributed by atoms with Crippen molar-refractivity contribution in [2.75, 3.05) is 6.54 Å². The molecule has 0 atom stereocenters. The summed E-state index contributed by atoms with van der Waals surface area (Å²) in [7, 11) is 1.80. The maximum atomic E-state index is 11.8.